The van der Waals surface area contributed by atoms with Gasteiger partial charge in [-0.1, -0.05) is 30.3 Å². The van der Waals surface area contributed by atoms with Gasteiger partial charge in [0.15, 0.2) is 5.82 Å². The van der Waals surface area contributed by atoms with Crippen molar-refractivity contribution in [3.63, 3.8) is 0 Å². The molecule has 1 aromatic heterocycles. The summed E-state index contributed by atoms with van der Waals surface area (Å²) in [6.07, 6.45) is 3.79. The first-order valence-electron chi connectivity index (χ1n) is 6.13. The Morgan fingerprint density at radius 1 is 1.37 bits per heavy atom. The predicted octanol–water partition coefficient (Wildman–Crippen LogP) is 0.796. The zero-order valence-corrected chi connectivity index (χ0v) is 10.8. The zero-order valence-electron chi connectivity index (χ0n) is 10.8. The first-order valence-corrected chi connectivity index (χ1v) is 6.13. The summed E-state index contributed by atoms with van der Waals surface area (Å²) in [6.45, 7) is -0.0609. The van der Waals surface area contributed by atoms with Crippen LogP contribution in [0.2, 0.25) is 0 Å². The fourth-order valence-electron chi connectivity index (χ4n) is 1.85. The van der Waals surface area contributed by atoms with Crippen molar-refractivity contribution in [1.82, 2.24) is 9.55 Å². The molecule has 0 amide bonds. The van der Waals surface area contributed by atoms with Crippen molar-refractivity contribution in [1.29, 1.82) is 0 Å². The third-order valence-corrected chi connectivity index (χ3v) is 2.90. The minimum atomic E-state index is -0.231. The van der Waals surface area contributed by atoms with Gasteiger partial charge in [0.2, 0.25) is 0 Å². The maximum absolute atomic E-state index is 11.8. The van der Waals surface area contributed by atoms with E-state index in [1.54, 1.807) is 19.4 Å². The summed E-state index contributed by atoms with van der Waals surface area (Å²) >= 11 is 0. The Labute approximate surface area is 111 Å². The highest BCUT2D eigenvalue weighted by Crippen LogP contribution is 2.06. The Balaban J connectivity index is 2.11. The van der Waals surface area contributed by atoms with Crippen LogP contribution in [0.1, 0.15) is 5.56 Å². The van der Waals surface area contributed by atoms with Crippen LogP contribution < -0.4 is 10.9 Å². The molecule has 0 aliphatic heterocycles. The van der Waals surface area contributed by atoms with E-state index in [0.717, 1.165) is 5.56 Å². The molecule has 2 rings (SSSR count). The second-order valence-corrected chi connectivity index (χ2v) is 4.41. The standard InChI is InChI=1S/C14H17N3O2/c1-17-8-7-15-13(14(17)19)16-12(10-18)9-11-5-3-2-4-6-11/h2-8,12,18H,9-10H2,1H3,(H,15,16). The molecule has 19 heavy (non-hydrogen) atoms. The highest BCUT2D eigenvalue weighted by atomic mass is 16.3. The number of anilines is 1. The van der Waals surface area contributed by atoms with E-state index in [2.05, 4.69) is 10.3 Å². The van der Waals surface area contributed by atoms with E-state index in [1.807, 2.05) is 30.3 Å². The van der Waals surface area contributed by atoms with Crippen LogP contribution in [0.3, 0.4) is 0 Å². The summed E-state index contributed by atoms with van der Waals surface area (Å²) in [5.74, 6) is 0.264. The maximum atomic E-state index is 11.8. The molecule has 0 fully saturated rings. The largest absolute Gasteiger partial charge is 0.394 e. The number of hydrogen-bond acceptors (Lipinski definition) is 4. The Morgan fingerprint density at radius 3 is 2.79 bits per heavy atom. The van der Waals surface area contributed by atoms with Gasteiger partial charge in [-0.2, -0.15) is 0 Å². The van der Waals surface area contributed by atoms with Crippen molar-refractivity contribution in [3.8, 4) is 0 Å². The van der Waals surface area contributed by atoms with Gasteiger partial charge >= 0.3 is 0 Å². The fourth-order valence-corrected chi connectivity index (χ4v) is 1.85. The molecule has 0 radical (unpaired) electrons. The number of rotatable bonds is 5. The fraction of sp³-hybridized carbons (Fsp3) is 0.286. The normalized spacial score (nSPS) is 12.1. The Morgan fingerprint density at radius 2 is 2.11 bits per heavy atom. The van der Waals surface area contributed by atoms with Crippen LogP contribution in [0.5, 0.6) is 0 Å². The molecule has 0 aliphatic carbocycles. The zero-order chi connectivity index (χ0) is 13.7. The van der Waals surface area contributed by atoms with E-state index in [0.29, 0.717) is 6.42 Å². The molecular weight excluding hydrogens is 242 g/mol. The minimum Gasteiger partial charge on any atom is -0.394 e. The average molecular weight is 259 g/mol. The van der Waals surface area contributed by atoms with E-state index >= 15 is 0 Å². The third kappa shape index (κ3) is 3.42. The molecule has 2 N–H and O–H groups in total. The van der Waals surface area contributed by atoms with Gasteiger partial charge in [0.1, 0.15) is 0 Å². The van der Waals surface area contributed by atoms with Crippen LogP contribution in [-0.4, -0.2) is 27.3 Å². The van der Waals surface area contributed by atoms with E-state index in [1.165, 1.54) is 4.57 Å². The monoisotopic (exact) mass is 259 g/mol. The number of nitrogens with zero attached hydrogens (tertiary/aromatic N) is 2. The lowest BCUT2D eigenvalue weighted by molar-refractivity contribution is 0.273. The Kier molecular flexibility index (Phi) is 4.30. The Hall–Kier alpha value is -2.14. The van der Waals surface area contributed by atoms with Gasteiger partial charge in [-0.15, -0.1) is 0 Å². The molecule has 1 atom stereocenters. The van der Waals surface area contributed by atoms with Crippen molar-refractivity contribution in [2.75, 3.05) is 11.9 Å². The molecule has 1 heterocycles. The second-order valence-electron chi connectivity index (χ2n) is 4.41. The lowest BCUT2D eigenvalue weighted by atomic mass is 10.1. The molecular formula is C14H17N3O2. The molecule has 100 valence electrons. The quantitative estimate of drug-likeness (QED) is 0.833. The SMILES string of the molecule is Cn1ccnc(NC(CO)Cc2ccccc2)c1=O. The molecule has 5 heteroatoms. The lowest BCUT2D eigenvalue weighted by Gasteiger charge is -2.16. The number of aliphatic hydroxyl groups is 1. The maximum Gasteiger partial charge on any atom is 0.293 e. The first kappa shape index (κ1) is 13.3. The highest BCUT2D eigenvalue weighted by Gasteiger charge is 2.11. The predicted molar refractivity (Wildman–Crippen MR) is 74.1 cm³/mol. The van der Waals surface area contributed by atoms with Crippen molar-refractivity contribution in [2.24, 2.45) is 7.05 Å². The van der Waals surface area contributed by atoms with E-state index < -0.39 is 0 Å². The van der Waals surface area contributed by atoms with Crippen LogP contribution in [0.15, 0.2) is 47.5 Å². The summed E-state index contributed by atoms with van der Waals surface area (Å²) in [5.41, 5.74) is 0.899. The van der Waals surface area contributed by atoms with Gasteiger partial charge in [0, 0.05) is 19.4 Å². The number of benzene rings is 1. The number of aryl methyl sites for hydroxylation is 1. The van der Waals surface area contributed by atoms with Crippen LogP contribution in [0.4, 0.5) is 5.82 Å². The van der Waals surface area contributed by atoms with Crippen molar-refractivity contribution < 1.29 is 5.11 Å². The van der Waals surface area contributed by atoms with Crippen LogP contribution in [-0.2, 0) is 13.5 Å². The van der Waals surface area contributed by atoms with Crippen molar-refractivity contribution in [3.05, 3.63) is 58.6 Å². The van der Waals surface area contributed by atoms with Crippen LogP contribution in [0, 0.1) is 0 Å². The highest BCUT2D eigenvalue weighted by molar-refractivity contribution is 5.33. The first-order chi connectivity index (χ1) is 9.20. The molecule has 1 unspecified atom stereocenters. The van der Waals surface area contributed by atoms with Gasteiger partial charge in [0.25, 0.3) is 5.56 Å². The van der Waals surface area contributed by atoms with Crippen LogP contribution in [0.25, 0.3) is 0 Å². The number of hydrogen-bond donors (Lipinski definition) is 2. The van der Waals surface area contributed by atoms with Gasteiger partial charge in [0.05, 0.1) is 12.6 Å². The third-order valence-electron chi connectivity index (χ3n) is 2.90. The Bertz CT molecular complexity index is 581. The number of aromatic nitrogens is 2. The molecule has 0 saturated carbocycles. The molecule has 0 aliphatic rings. The minimum absolute atomic E-state index is 0.0609. The summed E-state index contributed by atoms with van der Waals surface area (Å²) in [4.78, 5) is 15.8. The van der Waals surface area contributed by atoms with Gasteiger partial charge < -0.3 is 15.0 Å². The molecule has 1 aromatic carbocycles. The van der Waals surface area contributed by atoms with Gasteiger partial charge in [-0.3, -0.25) is 4.79 Å². The molecule has 2 aromatic rings. The lowest BCUT2D eigenvalue weighted by Crippen LogP contribution is -2.32. The molecule has 5 nitrogen and oxygen atoms in total. The van der Waals surface area contributed by atoms with Crippen molar-refractivity contribution >= 4 is 5.82 Å². The molecule has 0 saturated heterocycles. The van der Waals surface area contributed by atoms with Crippen molar-refractivity contribution in [2.45, 2.75) is 12.5 Å². The van der Waals surface area contributed by atoms with Gasteiger partial charge in [-0.05, 0) is 12.0 Å². The summed E-state index contributed by atoms with van der Waals surface area (Å²) in [6, 6.07) is 9.58. The molecule has 0 spiro atoms. The molecule has 0 bridgehead atoms. The average Bonchev–Trinajstić information content (AvgIpc) is 2.44. The summed E-state index contributed by atoms with van der Waals surface area (Å²) < 4.78 is 1.45. The summed E-state index contributed by atoms with van der Waals surface area (Å²) in [5, 5.41) is 12.4. The summed E-state index contributed by atoms with van der Waals surface area (Å²) in [7, 11) is 1.67. The van der Waals surface area contributed by atoms with Gasteiger partial charge in [-0.25, -0.2) is 4.98 Å². The van der Waals surface area contributed by atoms with E-state index in [4.69, 9.17) is 0 Å². The number of nitrogens with one attached hydrogen (secondary N) is 1. The topological polar surface area (TPSA) is 67.2 Å². The smallest absolute Gasteiger partial charge is 0.293 e. The van der Waals surface area contributed by atoms with Crippen LogP contribution >= 0.6 is 0 Å². The van der Waals surface area contributed by atoms with E-state index in [9.17, 15) is 9.90 Å². The second kappa shape index (κ2) is 6.15. The van der Waals surface area contributed by atoms with E-state index in [-0.39, 0.29) is 24.0 Å². The number of aliphatic hydroxyl groups excluding tert-OH is 1.